The lowest BCUT2D eigenvalue weighted by molar-refractivity contribution is -0.136. The van der Waals surface area contributed by atoms with Crippen molar-refractivity contribution in [2.75, 3.05) is 40.9 Å². The highest BCUT2D eigenvalue weighted by Crippen LogP contribution is 2.13. The average Bonchev–Trinajstić information content (AvgIpc) is 1.68. The highest BCUT2D eigenvalue weighted by atomic mass is 16.2. The molecule has 0 aliphatic carbocycles. The number of imidazole rings is 3. The van der Waals surface area contributed by atoms with Crippen LogP contribution in [0.2, 0.25) is 0 Å². The van der Waals surface area contributed by atoms with Crippen LogP contribution in [0.1, 0.15) is 19.3 Å². The fourth-order valence-corrected chi connectivity index (χ4v) is 9.72. The molecule has 0 bridgehead atoms. The third-order valence-electron chi connectivity index (χ3n) is 14.6. The van der Waals surface area contributed by atoms with Crippen molar-refractivity contribution in [2.45, 2.75) is 101 Å². The minimum absolute atomic E-state index is 0.0140. The molecule has 0 unspecified atom stereocenters. The SMILES string of the molecule is NCCCC[C@H](NC(=O)[C@H](Cn1ccc(N)nc1=O)NC(=O)[C@H](Cn1ccc(N)nc1=O)NC(=O)[C@H](Cn1cnc2c(=O)[nH]c(N)nc21)NC(=O)[C@H](Cn1ccc(N)nc1=O)NC(=O)[C@H](Cn1cnc2c(=O)[nH]c(N)nc21)NC(=O)[C@@H](N)Cn1cnc2c(=O)[nH]c(N)nc21)C(N)=O. The van der Waals surface area contributed by atoms with Gasteiger partial charge in [0.25, 0.3) is 16.7 Å². The molecule has 0 radical (unpaired) electrons. The molecular weight excluding hydrogens is 1280 g/mol. The van der Waals surface area contributed by atoms with E-state index in [1.807, 2.05) is 0 Å². The number of nitrogens with two attached hydrogens (primary N) is 9. The van der Waals surface area contributed by atoms with Crippen LogP contribution in [0.3, 0.4) is 0 Å². The van der Waals surface area contributed by atoms with Gasteiger partial charge in [-0.1, -0.05) is 0 Å². The number of primary amides is 1. The van der Waals surface area contributed by atoms with Crippen molar-refractivity contribution in [3.8, 4) is 0 Å². The lowest BCUT2D eigenvalue weighted by Gasteiger charge is -2.28. The summed E-state index contributed by atoms with van der Waals surface area (Å²) >= 11 is 0. The van der Waals surface area contributed by atoms with Crippen molar-refractivity contribution in [3.63, 3.8) is 0 Å². The van der Waals surface area contributed by atoms with E-state index in [9.17, 15) is 47.9 Å². The number of H-pyrrole nitrogens is 3. The Hall–Kier alpha value is -13.3. The zero-order valence-corrected chi connectivity index (χ0v) is 50.5. The van der Waals surface area contributed by atoms with Gasteiger partial charge in [0.2, 0.25) is 59.2 Å². The molecule has 9 heterocycles. The summed E-state index contributed by atoms with van der Waals surface area (Å²) in [6, 6.07) is -9.30. The predicted molar refractivity (Wildman–Crippen MR) is 338 cm³/mol. The van der Waals surface area contributed by atoms with E-state index in [1.54, 1.807) is 0 Å². The van der Waals surface area contributed by atoms with Gasteiger partial charge in [0.15, 0.2) is 33.5 Å². The molecule has 0 aliphatic heterocycles. The maximum Gasteiger partial charge on any atom is 0.349 e. The summed E-state index contributed by atoms with van der Waals surface area (Å²) < 4.78 is 5.94. The number of nitrogens with one attached hydrogen (secondary N) is 9. The van der Waals surface area contributed by atoms with Crippen LogP contribution in [0.15, 0.2) is 84.5 Å². The van der Waals surface area contributed by atoms with Crippen molar-refractivity contribution in [3.05, 3.63) is 118 Å². The Balaban J connectivity index is 1.09. The summed E-state index contributed by atoms with van der Waals surface area (Å²) in [4.78, 5) is 223. The summed E-state index contributed by atoms with van der Waals surface area (Å²) in [5.74, 6) is -10.2. The topological polar surface area (TPSA) is 721 Å². The van der Waals surface area contributed by atoms with Gasteiger partial charge in [-0.25, -0.2) is 29.3 Å². The van der Waals surface area contributed by atoms with E-state index in [0.29, 0.717) is 12.8 Å². The highest BCUT2D eigenvalue weighted by molar-refractivity contribution is 5.97. The van der Waals surface area contributed by atoms with Crippen LogP contribution in [0.25, 0.3) is 33.5 Å². The molecule has 0 fully saturated rings. The van der Waals surface area contributed by atoms with Crippen LogP contribution in [-0.2, 0) is 72.8 Å². The Morgan fingerprint density at radius 1 is 0.402 bits per heavy atom. The van der Waals surface area contributed by atoms with E-state index in [0.717, 1.165) is 72.5 Å². The Labute approximate surface area is 538 Å². The van der Waals surface area contributed by atoms with E-state index >= 15 is 14.4 Å². The largest absolute Gasteiger partial charge is 0.383 e. The van der Waals surface area contributed by atoms with E-state index < -0.39 is 163 Å². The first-order valence-corrected chi connectivity index (χ1v) is 28.8. The number of carbonyl (C=O) groups is 7. The molecule has 7 amide bonds. The fourth-order valence-electron chi connectivity index (χ4n) is 9.72. The molecule has 0 saturated carbocycles. The third-order valence-corrected chi connectivity index (χ3v) is 14.6. The van der Waals surface area contributed by atoms with Gasteiger partial charge in [-0.15, -0.1) is 0 Å². The zero-order chi connectivity index (χ0) is 70.1. The van der Waals surface area contributed by atoms with Crippen molar-refractivity contribution in [1.29, 1.82) is 0 Å². The maximum atomic E-state index is 15.3. The quantitative estimate of drug-likeness (QED) is 0.0194. The number of rotatable bonds is 29. The molecule has 0 saturated heterocycles. The second-order valence-electron chi connectivity index (χ2n) is 21.6. The molecule has 46 nitrogen and oxygen atoms in total. The molecule has 9 rings (SSSR count). The number of amides is 7. The summed E-state index contributed by atoms with van der Waals surface area (Å²) in [5, 5.41) is 14.7. The monoisotopic (exact) mass is 1350 g/mol. The second kappa shape index (κ2) is 29.1. The first-order valence-electron chi connectivity index (χ1n) is 28.8. The summed E-state index contributed by atoms with van der Waals surface area (Å²) in [7, 11) is 0. The van der Waals surface area contributed by atoms with Gasteiger partial charge in [0.1, 0.15) is 59.7 Å². The number of aromatic nitrogens is 18. The minimum atomic E-state index is -2.06. The van der Waals surface area contributed by atoms with Gasteiger partial charge >= 0.3 is 17.1 Å². The van der Waals surface area contributed by atoms with Crippen molar-refractivity contribution < 1.29 is 33.6 Å². The van der Waals surface area contributed by atoms with Crippen LogP contribution in [0.5, 0.6) is 0 Å². The van der Waals surface area contributed by atoms with Crippen LogP contribution in [0, 0.1) is 0 Å². The number of carbonyl (C=O) groups excluding carboxylic acids is 7. The number of anilines is 6. The van der Waals surface area contributed by atoms with Gasteiger partial charge in [-0.2, -0.15) is 29.9 Å². The Bertz CT molecular complexity index is 4910. The molecule has 0 spiro atoms. The molecule has 510 valence electrons. The molecule has 0 aliphatic rings. The van der Waals surface area contributed by atoms with Gasteiger partial charge < -0.3 is 97.2 Å². The van der Waals surface area contributed by atoms with Crippen LogP contribution in [-0.4, -0.2) is 177 Å². The molecule has 9 aromatic heterocycles. The summed E-state index contributed by atoms with van der Waals surface area (Å²) in [5.41, 5.74) is 45.7. The Morgan fingerprint density at radius 2 is 0.691 bits per heavy atom. The molecule has 7 atom stereocenters. The lowest BCUT2D eigenvalue weighted by atomic mass is 10.1. The van der Waals surface area contributed by atoms with Gasteiger partial charge in [-0.3, -0.25) is 76.6 Å². The first kappa shape index (κ1) is 68.1. The van der Waals surface area contributed by atoms with Crippen molar-refractivity contribution >= 4 is 110 Å². The van der Waals surface area contributed by atoms with E-state index in [-0.39, 0.29) is 75.8 Å². The van der Waals surface area contributed by atoms with Crippen LogP contribution in [0.4, 0.5) is 35.3 Å². The van der Waals surface area contributed by atoms with Gasteiger partial charge in [0, 0.05) is 25.1 Å². The van der Waals surface area contributed by atoms with Crippen molar-refractivity contribution in [2.24, 2.45) is 17.2 Å². The Morgan fingerprint density at radius 3 is 0.990 bits per heavy atom. The number of nitrogens with zero attached hydrogens (tertiary/aromatic N) is 15. The Kier molecular flexibility index (Phi) is 20.4. The molecule has 97 heavy (non-hydrogen) atoms. The van der Waals surface area contributed by atoms with Crippen LogP contribution < -0.4 is 117 Å². The molecule has 0 aromatic carbocycles. The van der Waals surface area contributed by atoms with Crippen molar-refractivity contribution in [1.82, 2.24) is 119 Å². The smallest absolute Gasteiger partial charge is 0.349 e. The maximum absolute atomic E-state index is 15.3. The molecule has 9 aromatic rings. The van der Waals surface area contributed by atoms with E-state index in [2.05, 4.69) is 91.7 Å². The molecule has 46 heteroatoms. The third kappa shape index (κ3) is 16.3. The average molecular weight is 1350 g/mol. The predicted octanol–water partition coefficient (Wildman–Crippen LogP) is -11.5. The normalized spacial score (nSPS) is 13.6. The number of unbranched alkanes of at least 4 members (excludes halogenated alkanes) is 1. The second-order valence-corrected chi connectivity index (χ2v) is 21.6. The van der Waals surface area contributed by atoms with Gasteiger partial charge in [0.05, 0.1) is 51.7 Å². The minimum Gasteiger partial charge on any atom is -0.383 e. The first-order chi connectivity index (χ1) is 46.1. The van der Waals surface area contributed by atoms with Gasteiger partial charge in [-0.05, 0) is 44.0 Å². The zero-order valence-electron chi connectivity index (χ0n) is 50.5. The number of hydrogen-bond donors (Lipinski definition) is 18. The fraction of sp³-hybridized carbons (Fsp3) is 0.333. The number of fused-ring (bicyclic) bond motifs is 3. The van der Waals surface area contributed by atoms with E-state index in [4.69, 9.17) is 51.6 Å². The van der Waals surface area contributed by atoms with E-state index in [1.165, 1.54) is 10.6 Å². The number of hydrogen-bond acceptors (Lipinski definition) is 30. The summed E-state index contributed by atoms with van der Waals surface area (Å²) in [6.07, 6.45) is 7.26. The number of aromatic amines is 3. The summed E-state index contributed by atoms with van der Waals surface area (Å²) in [6.45, 7) is -4.12. The standard InChI is InChI=1S/C51H63N33O13/c52-7-2-1-3-21(33(57)85)64-38(87)22(12-79-8-4-27(54)70-49(79)95)66-39(88)23(13-80-9-5-28(55)71-50(80)96)68-42(91)26(16-84-19-63-32-36(84)75-48(60)78-45(32)94)69-40(89)24(14-81-10-6-29(56)72-51(81)97)67-41(90)25(15-83-18-62-31-35(83)74-47(59)77-44(31)93)65-37(86)20(53)11-82-17-61-30-34(82)73-46(58)76-43(30)92/h4-6,8-10,17-26H,1-3,7,11-16,52-53H2,(H2,57,85)(H,64,87)(H,65,86)(H,66,88)(H,67,90)(H,68,91)(H,69,89)(H2,54,70,95)(H2,55,71,96)(H2,56,72,97)(H3,58,73,76,92)(H3,59,74,77,93)(H3,60,75,78,94)/t20-,21-,22-,23-,24-,25-,26-/m0/s1. The number of nitrogen functional groups attached to an aromatic ring is 6. The highest BCUT2D eigenvalue weighted by Gasteiger charge is 2.36. The molecule has 27 N–H and O–H groups in total. The lowest BCUT2D eigenvalue weighted by Crippen LogP contribution is -2.62. The molecular formula is C51H63N33O13. The van der Waals surface area contributed by atoms with Crippen LogP contribution >= 0.6 is 0 Å².